The molecule has 0 aliphatic carbocycles. The van der Waals surface area contributed by atoms with Crippen molar-refractivity contribution in [3.05, 3.63) is 68.4 Å². The molecule has 2 amide bonds. The van der Waals surface area contributed by atoms with Gasteiger partial charge < -0.3 is 10.2 Å². The van der Waals surface area contributed by atoms with Gasteiger partial charge in [0.15, 0.2) is 0 Å². The highest BCUT2D eigenvalue weighted by molar-refractivity contribution is 7.99. The molecule has 0 saturated carbocycles. The van der Waals surface area contributed by atoms with E-state index in [1.54, 1.807) is 31.2 Å². The number of nitrogens with one attached hydrogen (secondary N) is 1. The summed E-state index contributed by atoms with van der Waals surface area (Å²) >= 11 is 19.5. The van der Waals surface area contributed by atoms with Crippen molar-refractivity contribution in [2.45, 2.75) is 45.2 Å². The Morgan fingerprint density at radius 1 is 1.10 bits per heavy atom. The quantitative estimate of drug-likeness (QED) is 0.457. The summed E-state index contributed by atoms with van der Waals surface area (Å²) in [5.41, 5.74) is 1.02. The first-order valence-electron chi connectivity index (χ1n) is 9.64. The van der Waals surface area contributed by atoms with Gasteiger partial charge in [-0.3, -0.25) is 9.59 Å². The van der Waals surface area contributed by atoms with Crippen LogP contribution >= 0.6 is 46.6 Å². The molecule has 1 atom stereocenters. The predicted molar refractivity (Wildman–Crippen MR) is 127 cm³/mol. The van der Waals surface area contributed by atoms with Crippen molar-refractivity contribution in [1.82, 2.24) is 10.2 Å². The maximum absolute atomic E-state index is 14.0. The number of thioether (sulfide) groups is 1. The molecule has 4 nitrogen and oxygen atoms in total. The molecule has 0 heterocycles. The molecule has 0 aromatic heterocycles. The molecule has 0 radical (unpaired) electrons. The highest BCUT2D eigenvalue weighted by Gasteiger charge is 2.27. The third-order valence-corrected chi connectivity index (χ3v) is 6.37. The van der Waals surface area contributed by atoms with E-state index >= 15 is 0 Å². The Morgan fingerprint density at radius 3 is 2.42 bits per heavy atom. The Morgan fingerprint density at radius 2 is 1.81 bits per heavy atom. The summed E-state index contributed by atoms with van der Waals surface area (Å²) < 4.78 is 14.0. The van der Waals surface area contributed by atoms with Crippen molar-refractivity contribution in [1.29, 1.82) is 0 Å². The summed E-state index contributed by atoms with van der Waals surface area (Å²) in [6.45, 7) is 5.50. The van der Waals surface area contributed by atoms with Crippen molar-refractivity contribution < 1.29 is 14.0 Å². The van der Waals surface area contributed by atoms with E-state index in [0.717, 1.165) is 0 Å². The van der Waals surface area contributed by atoms with Crippen LogP contribution in [0, 0.1) is 5.82 Å². The summed E-state index contributed by atoms with van der Waals surface area (Å²) in [6, 6.07) is 8.68. The number of hydrogen-bond donors (Lipinski definition) is 1. The van der Waals surface area contributed by atoms with Gasteiger partial charge in [-0.05, 0) is 50.6 Å². The minimum atomic E-state index is -0.723. The molecule has 0 bridgehead atoms. The zero-order chi connectivity index (χ0) is 23.1. The average Bonchev–Trinajstić information content (AvgIpc) is 2.68. The number of amides is 2. The largest absolute Gasteiger partial charge is 0.352 e. The van der Waals surface area contributed by atoms with Crippen molar-refractivity contribution >= 4 is 58.4 Å². The number of halogens is 4. The van der Waals surface area contributed by atoms with E-state index in [2.05, 4.69) is 5.32 Å². The molecule has 0 aliphatic rings. The maximum Gasteiger partial charge on any atom is 0.242 e. The lowest BCUT2D eigenvalue weighted by molar-refractivity contribution is -0.138. The predicted octanol–water partition coefficient (Wildman–Crippen LogP) is 5.96. The second-order valence-corrected chi connectivity index (χ2v) is 9.53. The smallest absolute Gasteiger partial charge is 0.242 e. The first kappa shape index (κ1) is 25.8. The van der Waals surface area contributed by atoms with Crippen LogP contribution in [0.1, 0.15) is 31.9 Å². The second-order valence-electron chi connectivity index (χ2n) is 7.29. The minimum absolute atomic E-state index is 0.0508. The van der Waals surface area contributed by atoms with E-state index in [9.17, 15) is 14.0 Å². The highest BCUT2D eigenvalue weighted by atomic mass is 35.5. The van der Waals surface area contributed by atoms with Gasteiger partial charge in [-0.25, -0.2) is 4.39 Å². The number of benzene rings is 2. The van der Waals surface area contributed by atoms with Crippen molar-refractivity contribution in [3.63, 3.8) is 0 Å². The fourth-order valence-electron chi connectivity index (χ4n) is 2.81. The third-order valence-electron chi connectivity index (χ3n) is 4.49. The van der Waals surface area contributed by atoms with Gasteiger partial charge >= 0.3 is 0 Å². The van der Waals surface area contributed by atoms with Gasteiger partial charge in [0.05, 0.1) is 5.75 Å². The monoisotopic (exact) mass is 504 g/mol. The Kier molecular flexibility index (Phi) is 9.94. The summed E-state index contributed by atoms with van der Waals surface area (Å²) in [5, 5.41) is 4.03. The molecule has 2 rings (SSSR count). The molecule has 2 aromatic rings. The molecule has 168 valence electrons. The molecule has 0 aliphatic heterocycles. The van der Waals surface area contributed by atoms with Crippen LogP contribution in [0.3, 0.4) is 0 Å². The van der Waals surface area contributed by atoms with Gasteiger partial charge in [0.2, 0.25) is 11.8 Å². The molecular formula is C22H24Cl3FN2O2S. The van der Waals surface area contributed by atoms with Gasteiger partial charge in [-0.2, -0.15) is 0 Å². The fourth-order valence-corrected chi connectivity index (χ4v) is 4.53. The molecule has 0 saturated heterocycles. The number of carbonyl (C=O) groups is 2. The van der Waals surface area contributed by atoms with Crippen LogP contribution < -0.4 is 5.32 Å². The summed E-state index contributed by atoms with van der Waals surface area (Å²) in [4.78, 5) is 27.1. The summed E-state index contributed by atoms with van der Waals surface area (Å²) in [7, 11) is 0. The lowest BCUT2D eigenvalue weighted by atomic mass is 10.1. The average molecular weight is 506 g/mol. The van der Waals surface area contributed by atoms with Crippen molar-refractivity contribution in [3.8, 4) is 0 Å². The Balaban J connectivity index is 2.15. The van der Waals surface area contributed by atoms with E-state index in [-0.39, 0.29) is 35.9 Å². The fraction of sp³-hybridized carbons (Fsp3) is 0.364. The first-order chi connectivity index (χ1) is 14.6. The Hall–Kier alpha value is -1.47. The number of hydrogen-bond acceptors (Lipinski definition) is 3. The van der Waals surface area contributed by atoms with Crippen LogP contribution in [0.2, 0.25) is 15.1 Å². The van der Waals surface area contributed by atoms with Crippen LogP contribution in [0.25, 0.3) is 0 Å². The Labute approximate surface area is 201 Å². The number of nitrogens with zero attached hydrogens (tertiary/aromatic N) is 1. The molecule has 0 unspecified atom stereocenters. The lowest BCUT2D eigenvalue weighted by Crippen LogP contribution is -2.49. The SMILES string of the molecule is CC(C)NC(=O)[C@@H](C)N(Cc1ccc(Cl)cc1Cl)C(=O)CSCc1c(F)cccc1Cl. The van der Waals surface area contributed by atoms with Gasteiger partial charge in [0, 0.05) is 39.0 Å². The second kappa shape index (κ2) is 12.0. The van der Waals surface area contributed by atoms with Crippen LogP contribution in [0.5, 0.6) is 0 Å². The van der Waals surface area contributed by atoms with E-state index in [4.69, 9.17) is 34.8 Å². The zero-order valence-electron chi connectivity index (χ0n) is 17.4. The third kappa shape index (κ3) is 7.56. The van der Waals surface area contributed by atoms with Gasteiger partial charge in [-0.1, -0.05) is 46.9 Å². The number of rotatable bonds is 9. The van der Waals surface area contributed by atoms with Crippen molar-refractivity contribution in [2.75, 3.05) is 5.75 Å². The summed E-state index contributed by atoms with van der Waals surface area (Å²) in [6.07, 6.45) is 0. The van der Waals surface area contributed by atoms with Gasteiger partial charge in [0.1, 0.15) is 11.9 Å². The highest BCUT2D eigenvalue weighted by Crippen LogP contribution is 2.26. The van der Waals surface area contributed by atoms with E-state index < -0.39 is 11.9 Å². The molecule has 2 aromatic carbocycles. The van der Waals surface area contributed by atoms with Gasteiger partial charge in [0.25, 0.3) is 0 Å². The van der Waals surface area contributed by atoms with Crippen molar-refractivity contribution in [2.24, 2.45) is 0 Å². The lowest BCUT2D eigenvalue weighted by Gasteiger charge is -2.29. The maximum atomic E-state index is 14.0. The molecule has 1 N–H and O–H groups in total. The molecule has 0 fully saturated rings. The minimum Gasteiger partial charge on any atom is -0.352 e. The standard InChI is InChI=1S/C22H24Cl3FN2O2S/c1-13(2)27-22(30)14(3)28(10-15-7-8-16(23)9-19(15)25)21(29)12-31-11-17-18(24)5-4-6-20(17)26/h4-9,13-14H,10-12H2,1-3H3,(H,27,30)/t14-/m1/s1. The zero-order valence-corrected chi connectivity index (χ0v) is 20.5. The number of carbonyl (C=O) groups excluding carboxylic acids is 2. The summed E-state index contributed by atoms with van der Waals surface area (Å²) in [5.74, 6) is -0.665. The van der Waals surface area contributed by atoms with Gasteiger partial charge in [-0.15, -0.1) is 11.8 Å². The van der Waals surface area contributed by atoms with Crippen LogP contribution in [0.15, 0.2) is 36.4 Å². The first-order valence-corrected chi connectivity index (χ1v) is 11.9. The normalized spacial score (nSPS) is 12.0. The van der Waals surface area contributed by atoms with Crippen LogP contribution in [0.4, 0.5) is 4.39 Å². The topological polar surface area (TPSA) is 49.4 Å². The molecule has 0 spiro atoms. The van der Waals surface area contributed by atoms with Crippen LogP contribution in [-0.4, -0.2) is 34.6 Å². The molecule has 9 heteroatoms. The van der Waals surface area contributed by atoms with Crippen LogP contribution in [-0.2, 0) is 21.9 Å². The molecule has 31 heavy (non-hydrogen) atoms. The Bertz CT molecular complexity index is 923. The molecular weight excluding hydrogens is 482 g/mol. The van der Waals surface area contributed by atoms with E-state index in [0.29, 0.717) is 26.2 Å². The van der Waals surface area contributed by atoms with E-state index in [1.807, 2.05) is 13.8 Å². The van der Waals surface area contributed by atoms with E-state index in [1.165, 1.54) is 28.8 Å².